The van der Waals surface area contributed by atoms with Gasteiger partial charge in [0, 0.05) is 12.5 Å². The van der Waals surface area contributed by atoms with Crippen LogP contribution in [0.4, 0.5) is 0 Å². The molecule has 1 aliphatic rings. The van der Waals surface area contributed by atoms with Gasteiger partial charge >= 0.3 is 11.9 Å². The summed E-state index contributed by atoms with van der Waals surface area (Å²) in [5.41, 5.74) is -0.427. The van der Waals surface area contributed by atoms with Crippen LogP contribution in [0, 0.1) is 5.92 Å². The van der Waals surface area contributed by atoms with Crippen LogP contribution >= 0.6 is 0 Å². The molecule has 0 amide bonds. The topological polar surface area (TPSA) is 64.6 Å². The van der Waals surface area contributed by atoms with Gasteiger partial charge in [-0.25, -0.2) is 0 Å². The Morgan fingerprint density at radius 2 is 1.73 bits per heavy atom. The van der Waals surface area contributed by atoms with Gasteiger partial charge in [-0.05, 0) is 65.7 Å². The van der Waals surface area contributed by atoms with Gasteiger partial charge in [-0.15, -0.1) is 0 Å². The quantitative estimate of drug-likeness (QED) is 0.732. The lowest BCUT2D eigenvalue weighted by Crippen LogP contribution is -2.39. The van der Waals surface area contributed by atoms with E-state index in [2.05, 4.69) is 5.32 Å². The van der Waals surface area contributed by atoms with Crippen LogP contribution < -0.4 is 5.32 Å². The maximum atomic E-state index is 11.7. The van der Waals surface area contributed by atoms with Gasteiger partial charge in [-0.2, -0.15) is 0 Å². The molecule has 0 aromatic carbocycles. The van der Waals surface area contributed by atoms with Gasteiger partial charge in [0.25, 0.3) is 0 Å². The first-order valence-corrected chi connectivity index (χ1v) is 8.41. The fourth-order valence-corrected chi connectivity index (χ4v) is 2.82. The van der Waals surface area contributed by atoms with E-state index < -0.39 is 5.60 Å². The van der Waals surface area contributed by atoms with Crippen LogP contribution in [0.3, 0.4) is 0 Å². The van der Waals surface area contributed by atoms with Crippen LogP contribution in [-0.2, 0) is 19.1 Å². The van der Waals surface area contributed by atoms with Gasteiger partial charge in [0.15, 0.2) is 0 Å². The minimum absolute atomic E-state index is 0.0901. The third-order valence-corrected chi connectivity index (χ3v) is 3.86. The summed E-state index contributed by atoms with van der Waals surface area (Å²) < 4.78 is 10.2. The Morgan fingerprint density at radius 1 is 1.09 bits per heavy atom. The van der Waals surface area contributed by atoms with E-state index in [0.29, 0.717) is 25.0 Å². The zero-order valence-electron chi connectivity index (χ0n) is 14.4. The Bertz CT molecular complexity index is 354. The van der Waals surface area contributed by atoms with Gasteiger partial charge in [0.2, 0.25) is 0 Å². The largest absolute Gasteiger partial charge is 0.466 e. The molecule has 0 radical (unpaired) electrons. The van der Waals surface area contributed by atoms with Gasteiger partial charge in [-0.1, -0.05) is 0 Å². The number of carbonyl (C=O) groups is 2. The lowest BCUT2D eigenvalue weighted by atomic mass is 9.83. The number of rotatable bonds is 7. The van der Waals surface area contributed by atoms with Crippen molar-refractivity contribution in [1.82, 2.24) is 5.32 Å². The highest BCUT2D eigenvalue weighted by molar-refractivity contribution is 5.72. The molecule has 1 aliphatic carbocycles. The second-order valence-electron chi connectivity index (χ2n) is 7.03. The Hall–Kier alpha value is -1.10. The Kier molecular flexibility index (Phi) is 7.87. The SMILES string of the molecule is CCOC(=O)CCC1CCC(NCC(=O)OC(C)(C)C)CC1. The van der Waals surface area contributed by atoms with E-state index in [1.165, 1.54) is 0 Å². The average Bonchev–Trinajstić information content (AvgIpc) is 2.42. The molecule has 5 heteroatoms. The molecule has 0 aromatic heterocycles. The molecular weight excluding hydrogens is 282 g/mol. The molecule has 1 saturated carbocycles. The van der Waals surface area contributed by atoms with Crippen molar-refractivity contribution in [2.45, 2.75) is 77.9 Å². The van der Waals surface area contributed by atoms with E-state index >= 15 is 0 Å². The van der Waals surface area contributed by atoms with Crippen molar-refractivity contribution in [3.8, 4) is 0 Å². The van der Waals surface area contributed by atoms with Crippen molar-refractivity contribution in [3.63, 3.8) is 0 Å². The highest BCUT2D eigenvalue weighted by Crippen LogP contribution is 2.28. The molecule has 128 valence electrons. The van der Waals surface area contributed by atoms with Crippen LogP contribution in [0.15, 0.2) is 0 Å². The molecule has 0 aliphatic heterocycles. The fraction of sp³-hybridized carbons (Fsp3) is 0.882. The molecule has 22 heavy (non-hydrogen) atoms. The minimum Gasteiger partial charge on any atom is -0.466 e. The van der Waals surface area contributed by atoms with Crippen molar-refractivity contribution in [1.29, 1.82) is 0 Å². The molecule has 0 heterocycles. The van der Waals surface area contributed by atoms with E-state index in [4.69, 9.17) is 9.47 Å². The lowest BCUT2D eigenvalue weighted by molar-refractivity contribution is -0.153. The summed E-state index contributed by atoms with van der Waals surface area (Å²) in [5, 5.41) is 3.28. The van der Waals surface area contributed by atoms with Crippen LogP contribution in [0.1, 0.15) is 66.2 Å². The standard InChI is InChI=1S/C17H31NO4/c1-5-21-15(19)11-8-13-6-9-14(10-7-13)18-12-16(20)22-17(2,3)4/h13-14,18H,5-12H2,1-4H3. The third-order valence-electron chi connectivity index (χ3n) is 3.86. The van der Waals surface area contributed by atoms with Gasteiger partial charge in [-0.3, -0.25) is 9.59 Å². The molecule has 5 nitrogen and oxygen atoms in total. The summed E-state index contributed by atoms with van der Waals surface area (Å²) in [6.07, 6.45) is 5.75. The van der Waals surface area contributed by atoms with E-state index in [0.717, 1.165) is 32.1 Å². The zero-order valence-corrected chi connectivity index (χ0v) is 14.4. The highest BCUT2D eigenvalue weighted by Gasteiger charge is 2.23. The Labute approximate surface area is 134 Å². The number of hydrogen-bond acceptors (Lipinski definition) is 5. The second kappa shape index (κ2) is 9.13. The molecule has 0 aromatic rings. The van der Waals surface area contributed by atoms with Gasteiger partial charge in [0.1, 0.15) is 5.60 Å². The van der Waals surface area contributed by atoms with Gasteiger partial charge < -0.3 is 14.8 Å². The monoisotopic (exact) mass is 313 g/mol. The van der Waals surface area contributed by atoms with E-state index in [1.54, 1.807) is 0 Å². The number of hydrogen-bond donors (Lipinski definition) is 1. The molecule has 0 unspecified atom stereocenters. The van der Waals surface area contributed by atoms with Gasteiger partial charge in [0.05, 0.1) is 13.2 Å². The summed E-state index contributed by atoms with van der Waals surface area (Å²) in [5.74, 6) is 0.314. The van der Waals surface area contributed by atoms with Crippen molar-refractivity contribution in [2.75, 3.05) is 13.2 Å². The van der Waals surface area contributed by atoms with E-state index in [-0.39, 0.29) is 18.5 Å². The predicted molar refractivity (Wildman–Crippen MR) is 85.5 cm³/mol. The Morgan fingerprint density at radius 3 is 2.27 bits per heavy atom. The molecule has 0 spiro atoms. The lowest BCUT2D eigenvalue weighted by Gasteiger charge is -2.29. The summed E-state index contributed by atoms with van der Waals surface area (Å²) in [6, 6.07) is 0.381. The second-order valence-corrected chi connectivity index (χ2v) is 7.03. The summed E-state index contributed by atoms with van der Waals surface area (Å²) in [4.78, 5) is 23.0. The van der Waals surface area contributed by atoms with E-state index in [9.17, 15) is 9.59 Å². The van der Waals surface area contributed by atoms with Crippen LogP contribution in [0.25, 0.3) is 0 Å². The van der Waals surface area contributed by atoms with Crippen molar-refractivity contribution in [2.24, 2.45) is 5.92 Å². The molecule has 0 saturated heterocycles. The smallest absolute Gasteiger partial charge is 0.320 e. The molecule has 1 rings (SSSR count). The fourth-order valence-electron chi connectivity index (χ4n) is 2.82. The van der Waals surface area contributed by atoms with Crippen molar-refractivity contribution < 1.29 is 19.1 Å². The maximum Gasteiger partial charge on any atom is 0.320 e. The average molecular weight is 313 g/mol. The van der Waals surface area contributed by atoms with Crippen LogP contribution in [0.5, 0.6) is 0 Å². The summed E-state index contributed by atoms with van der Waals surface area (Å²) >= 11 is 0. The molecule has 0 bridgehead atoms. The molecular formula is C17H31NO4. The number of ether oxygens (including phenoxy) is 2. The molecule has 1 N–H and O–H groups in total. The van der Waals surface area contributed by atoms with Crippen molar-refractivity contribution in [3.05, 3.63) is 0 Å². The minimum atomic E-state index is -0.427. The van der Waals surface area contributed by atoms with Crippen molar-refractivity contribution >= 4 is 11.9 Å². The molecule has 1 fully saturated rings. The number of esters is 2. The maximum absolute atomic E-state index is 11.7. The normalized spacial score (nSPS) is 22.2. The zero-order chi connectivity index (χ0) is 16.6. The highest BCUT2D eigenvalue weighted by atomic mass is 16.6. The summed E-state index contributed by atoms with van der Waals surface area (Å²) in [6.45, 7) is 8.19. The predicted octanol–water partition coefficient (Wildman–Crippen LogP) is 2.82. The first-order valence-electron chi connectivity index (χ1n) is 8.41. The van der Waals surface area contributed by atoms with Crippen LogP contribution in [-0.4, -0.2) is 36.7 Å². The number of nitrogens with one attached hydrogen (secondary N) is 1. The van der Waals surface area contributed by atoms with Crippen LogP contribution in [0.2, 0.25) is 0 Å². The third kappa shape index (κ3) is 8.37. The van der Waals surface area contributed by atoms with E-state index in [1.807, 2.05) is 27.7 Å². The number of carbonyl (C=O) groups excluding carboxylic acids is 2. The first-order chi connectivity index (χ1) is 10.3. The first kappa shape index (κ1) is 18.9. The molecule has 0 atom stereocenters. The Balaban J connectivity index is 2.15. The summed E-state index contributed by atoms with van der Waals surface area (Å²) in [7, 11) is 0.